The number of benzene rings is 2. The molecule has 9 nitrogen and oxygen atoms in total. The SMILES string of the molecule is CN(C)C(=O)COC(=O)Cc1ccc(OC(=O)c2ccc(N=C(N)N)cc2)c(CC(C)(C)C)c1. The quantitative estimate of drug-likeness (QED) is 0.263. The zero-order valence-electron chi connectivity index (χ0n) is 20.3. The van der Waals surface area contributed by atoms with Gasteiger partial charge in [-0.25, -0.2) is 9.79 Å². The monoisotopic (exact) mass is 468 g/mol. The van der Waals surface area contributed by atoms with Gasteiger partial charge in [0.2, 0.25) is 0 Å². The van der Waals surface area contributed by atoms with E-state index in [-0.39, 0.29) is 30.3 Å². The summed E-state index contributed by atoms with van der Waals surface area (Å²) >= 11 is 0. The van der Waals surface area contributed by atoms with Gasteiger partial charge in [0.25, 0.3) is 5.91 Å². The van der Waals surface area contributed by atoms with E-state index in [2.05, 4.69) is 25.8 Å². The first-order valence-electron chi connectivity index (χ1n) is 10.7. The number of nitrogens with two attached hydrogens (primary N) is 2. The lowest BCUT2D eigenvalue weighted by Crippen LogP contribution is -2.27. The Labute approximate surface area is 199 Å². The molecule has 0 fully saturated rings. The normalized spacial score (nSPS) is 10.9. The summed E-state index contributed by atoms with van der Waals surface area (Å²) in [6.07, 6.45) is 0.610. The highest BCUT2D eigenvalue weighted by molar-refractivity contribution is 5.91. The fourth-order valence-corrected chi connectivity index (χ4v) is 3.02. The molecule has 0 saturated carbocycles. The smallest absolute Gasteiger partial charge is 0.343 e. The van der Waals surface area contributed by atoms with Gasteiger partial charge in [-0.2, -0.15) is 0 Å². The molecule has 0 spiro atoms. The number of amides is 1. The van der Waals surface area contributed by atoms with Crippen LogP contribution in [0.5, 0.6) is 5.75 Å². The van der Waals surface area contributed by atoms with Gasteiger partial charge in [-0.1, -0.05) is 32.9 Å². The van der Waals surface area contributed by atoms with Crippen LogP contribution >= 0.6 is 0 Å². The van der Waals surface area contributed by atoms with Gasteiger partial charge >= 0.3 is 11.9 Å². The summed E-state index contributed by atoms with van der Waals surface area (Å²) in [4.78, 5) is 41.8. The summed E-state index contributed by atoms with van der Waals surface area (Å²) in [5.74, 6) is -0.998. The van der Waals surface area contributed by atoms with Crippen LogP contribution < -0.4 is 16.2 Å². The lowest BCUT2D eigenvalue weighted by atomic mass is 9.87. The molecule has 0 aliphatic heterocycles. The van der Waals surface area contributed by atoms with Crippen molar-refractivity contribution in [3.8, 4) is 5.75 Å². The molecule has 2 aromatic rings. The number of hydrogen-bond donors (Lipinski definition) is 2. The van der Waals surface area contributed by atoms with Gasteiger partial charge < -0.3 is 25.8 Å². The fourth-order valence-electron chi connectivity index (χ4n) is 3.02. The molecule has 34 heavy (non-hydrogen) atoms. The third-order valence-electron chi connectivity index (χ3n) is 4.61. The maximum atomic E-state index is 12.7. The molecule has 0 unspecified atom stereocenters. The minimum atomic E-state index is -0.527. The number of carbonyl (C=O) groups is 3. The Morgan fingerprint density at radius 2 is 1.65 bits per heavy atom. The zero-order chi connectivity index (χ0) is 25.5. The number of hydrogen-bond acceptors (Lipinski definition) is 6. The number of rotatable bonds is 8. The van der Waals surface area contributed by atoms with Crippen LogP contribution in [-0.4, -0.2) is 49.4 Å². The number of aliphatic imine (C=N–C) groups is 1. The molecule has 0 radical (unpaired) electrons. The second-order valence-electron chi connectivity index (χ2n) is 9.28. The molecule has 0 aliphatic rings. The molecular weight excluding hydrogens is 436 g/mol. The largest absolute Gasteiger partial charge is 0.455 e. The van der Waals surface area contributed by atoms with E-state index in [1.165, 1.54) is 4.90 Å². The van der Waals surface area contributed by atoms with Crippen molar-refractivity contribution in [1.82, 2.24) is 4.90 Å². The Kier molecular flexibility index (Phi) is 8.77. The van der Waals surface area contributed by atoms with Crippen LogP contribution in [0, 0.1) is 5.41 Å². The topological polar surface area (TPSA) is 137 Å². The van der Waals surface area contributed by atoms with E-state index in [0.717, 1.165) is 5.56 Å². The van der Waals surface area contributed by atoms with Gasteiger partial charge in [-0.15, -0.1) is 0 Å². The van der Waals surface area contributed by atoms with Crippen LogP contribution in [0.3, 0.4) is 0 Å². The van der Waals surface area contributed by atoms with Crippen molar-refractivity contribution in [3.05, 3.63) is 59.2 Å². The third kappa shape index (κ3) is 8.57. The maximum Gasteiger partial charge on any atom is 0.343 e. The first kappa shape index (κ1) is 26.4. The van der Waals surface area contributed by atoms with E-state index in [1.807, 2.05) is 6.07 Å². The summed E-state index contributed by atoms with van der Waals surface area (Å²) in [6, 6.07) is 11.6. The van der Waals surface area contributed by atoms with Crippen molar-refractivity contribution in [1.29, 1.82) is 0 Å². The summed E-state index contributed by atoms with van der Waals surface area (Å²) in [5.41, 5.74) is 13.0. The van der Waals surface area contributed by atoms with E-state index in [9.17, 15) is 14.4 Å². The van der Waals surface area contributed by atoms with Gasteiger partial charge in [0.1, 0.15) is 5.75 Å². The first-order chi connectivity index (χ1) is 15.8. The predicted octanol–water partition coefficient (Wildman–Crippen LogP) is 2.57. The van der Waals surface area contributed by atoms with Crippen LogP contribution in [0.2, 0.25) is 0 Å². The standard InChI is InChI=1S/C25H32N4O5/c1-25(2,3)14-18-12-16(13-22(31)33-15-21(30)29(4)5)6-11-20(18)34-23(32)17-7-9-19(10-8-17)28-24(26)27/h6-12H,13-15H2,1-5H3,(H4,26,27,28). The lowest BCUT2D eigenvalue weighted by Gasteiger charge is -2.21. The molecule has 1 amide bonds. The molecule has 4 N–H and O–H groups in total. The highest BCUT2D eigenvalue weighted by Crippen LogP contribution is 2.29. The molecule has 0 heterocycles. The van der Waals surface area contributed by atoms with Crippen molar-refractivity contribution < 1.29 is 23.9 Å². The van der Waals surface area contributed by atoms with Crippen molar-refractivity contribution in [2.75, 3.05) is 20.7 Å². The van der Waals surface area contributed by atoms with E-state index in [0.29, 0.717) is 29.0 Å². The van der Waals surface area contributed by atoms with Gasteiger partial charge in [0.05, 0.1) is 17.7 Å². The van der Waals surface area contributed by atoms with Crippen LogP contribution in [0.25, 0.3) is 0 Å². The molecule has 182 valence electrons. The van der Waals surface area contributed by atoms with Crippen molar-refractivity contribution in [3.63, 3.8) is 0 Å². The molecule has 0 aromatic heterocycles. The van der Waals surface area contributed by atoms with E-state index < -0.39 is 11.9 Å². The number of likely N-dealkylation sites (N-methyl/N-ethyl adjacent to an activating group) is 1. The molecule has 2 aromatic carbocycles. The van der Waals surface area contributed by atoms with Gasteiger partial charge in [0.15, 0.2) is 12.6 Å². The Morgan fingerprint density at radius 1 is 1.00 bits per heavy atom. The molecule has 0 atom stereocenters. The maximum absolute atomic E-state index is 12.7. The summed E-state index contributed by atoms with van der Waals surface area (Å²) in [5, 5.41) is 0. The molecule has 9 heteroatoms. The summed E-state index contributed by atoms with van der Waals surface area (Å²) in [6.45, 7) is 5.89. The van der Waals surface area contributed by atoms with Gasteiger partial charge in [0, 0.05) is 14.1 Å². The van der Waals surface area contributed by atoms with Gasteiger partial charge in [-0.3, -0.25) is 9.59 Å². The Balaban J connectivity index is 2.18. The number of guanidine groups is 1. The number of carbonyl (C=O) groups excluding carboxylic acids is 3. The Hall–Kier alpha value is -3.88. The zero-order valence-corrected chi connectivity index (χ0v) is 20.3. The first-order valence-corrected chi connectivity index (χ1v) is 10.7. The molecular formula is C25H32N4O5. The number of esters is 2. The molecule has 0 bridgehead atoms. The van der Waals surface area contributed by atoms with Crippen LogP contribution in [-0.2, 0) is 27.2 Å². The minimum absolute atomic E-state index is 0.00166. The van der Waals surface area contributed by atoms with Crippen LogP contribution in [0.4, 0.5) is 5.69 Å². The minimum Gasteiger partial charge on any atom is -0.455 e. The highest BCUT2D eigenvalue weighted by atomic mass is 16.5. The van der Waals surface area contributed by atoms with Crippen molar-refractivity contribution >= 4 is 29.5 Å². The highest BCUT2D eigenvalue weighted by Gasteiger charge is 2.19. The number of nitrogens with zero attached hydrogens (tertiary/aromatic N) is 2. The second kappa shape index (κ2) is 11.3. The van der Waals surface area contributed by atoms with Crippen LogP contribution in [0.15, 0.2) is 47.5 Å². The Morgan fingerprint density at radius 3 is 2.21 bits per heavy atom. The van der Waals surface area contributed by atoms with Crippen molar-refractivity contribution in [2.24, 2.45) is 21.9 Å². The van der Waals surface area contributed by atoms with E-state index in [1.54, 1.807) is 50.5 Å². The predicted molar refractivity (Wildman–Crippen MR) is 130 cm³/mol. The number of ether oxygens (including phenoxy) is 2. The third-order valence-corrected chi connectivity index (χ3v) is 4.61. The fraction of sp³-hybridized carbons (Fsp3) is 0.360. The molecule has 0 aliphatic carbocycles. The summed E-state index contributed by atoms with van der Waals surface area (Å²) < 4.78 is 10.7. The van der Waals surface area contributed by atoms with Crippen LogP contribution in [0.1, 0.15) is 42.3 Å². The Bertz CT molecular complexity index is 1070. The van der Waals surface area contributed by atoms with E-state index in [4.69, 9.17) is 20.9 Å². The average Bonchev–Trinajstić information content (AvgIpc) is 2.72. The molecule has 2 rings (SSSR count). The van der Waals surface area contributed by atoms with E-state index >= 15 is 0 Å². The van der Waals surface area contributed by atoms with Gasteiger partial charge in [-0.05, 0) is 53.3 Å². The average molecular weight is 469 g/mol. The van der Waals surface area contributed by atoms with Crippen molar-refractivity contribution in [2.45, 2.75) is 33.6 Å². The second-order valence-corrected chi connectivity index (χ2v) is 9.28. The summed E-state index contributed by atoms with van der Waals surface area (Å²) in [7, 11) is 3.18. The molecule has 0 saturated heterocycles. The lowest BCUT2D eigenvalue weighted by molar-refractivity contribution is -0.150.